The Balaban J connectivity index is 2.33. The summed E-state index contributed by atoms with van der Waals surface area (Å²) in [4.78, 5) is 14.2. The van der Waals surface area contributed by atoms with Crippen LogP contribution in [0, 0.1) is 0 Å². The minimum Gasteiger partial charge on any atom is -0.353 e. The van der Waals surface area contributed by atoms with Crippen LogP contribution in [0.2, 0.25) is 0 Å². The van der Waals surface area contributed by atoms with Crippen molar-refractivity contribution in [2.24, 2.45) is 0 Å². The molecule has 1 amide bonds. The number of sulfonamides is 1. The predicted molar refractivity (Wildman–Crippen MR) is 65.6 cm³/mol. The van der Waals surface area contributed by atoms with E-state index in [1.807, 2.05) is 0 Å². The van der Waals surface area contributed by atoms with Crippen LogP contribution in [-0.4, -0.2) is 42.7 Å². The van der Waals surface area contributed by atoms with Crippen LogP contribution in [0.15, 0.2) is 23.2 Å². The van der Waals surface area contributed by atoms with Gasteiger partial charge in [0.25, 0.3) is 0 Å². The number of aromatic nitrogens is 1. The Labute approximate surface area is 119 Å². The highest BCUT2D eigenvalue weighted by Crippen LogP contribution is 2.28. The van der Waals surface area contributed by atoms with Crippen molar-refractivity contribution in [3.05, 3.63) is 24.0 Å². The third kappa shape index (κ3) is 3.00. The molecule has 0 aromatic carbocycles. The van der Waals surface area contributed by atoms with Crippen LogP contribution in [0.5, 0.6) is 0 Å². The van der Waals surface area contributed by atoms with Crippen LogP contribution in [-0.2, 0) is 21.0 Å². The summed E-state index contributed by atoms with van der Waals surface area (Å²) in [5.41, 5.74) is -1.18. The molecule has 1 aliphatic heterocycles. The summed E-state index contributed by atoms with van der Waals surface area (Å²) in [5, 5.41) is 2.50. The molecule has 0 bridgehead atoms. The molecule has 1 aromatic rings. The molecule has 0 unspecified atom stereocenters. The summed E-state index contributed by atoms with van der Waals surface area (Å²) in [5.74, 6) is -0.454. The fourth-order valence-corrected chi connectivity index (χ4v) is 3.47. The summed E-state index contributed by atoms with van der Waals surface area (Å²) in [6, 6.07) is 0.512. The van der Waals surface area contributed by atoms with Crippen LogP contribution in [0.1, 0.15) is 12.6 Å². The third-order valence-electron chi connectivity index (χ3n) is 3.08. The number of carbonyl (C=O) groups is 1. The zero-order chi connectivity index (χ0) is 15.8. The van der Waals surface area contributed by atoms with Crippen LogP contribution >= 0.6 is 0 Å². The summed E-state index contributed by atoms with van der Waals surface area (Å²) < 4.78 is 62.8. The predicted octanol–water partition coefficient (Wildman–Crippen LogP) is 0.609. The Kier molecular flexibility index (Phi) is 3.93. The molecular weight excluding hydrogens is 311 g/mol. The first-order chi connectivity index (χ1) is 9.64. The molecule has 0 spiro atoms. The fourth-order valence-electron chi connectivity index (χ4n) is 1.93. The van der Waals surface area contributed by atoms with E-state index in [4.69, 9.17) is 0 Å². The van der Waals surface area contributed by atoms with Gasteiger partial charge in [0.1, 0.15) is 16.6 Å². The highest BCUT2D eigenvalue weighted by Gasteiger charge is 2.37. The van der Waals surface area contributed by atoms with E-state index >= 15 is 0 Å². The number of amides is 1. The molecule has 2 heterocycles. The molecule has 10 heteroatoms. The number of piperazine rings is 1. The lowest BCUT2D eigenvalue weighted by molar-refractivity contribution is -0.141. The Hall–Kier alpha value is -1.68. The molecule has 1 aromatic heterocycles. The molecule has 1 fully saturated rings. The maximum Gasteiger partial charge on any atom is 0.433 e. The second kappa shape index (κ2) is 5.26. The monoisotopic (exact) mass is 323 g/mol. The minimum atomic E-state index is -4.64. The van der Waals surface area contributed by atoms with E-state index in [0.717, 1.165) is 10.4 Å². The molecule has 6 nitrogen and oxygen atoms in total. The fraction of sp³-hybridized carbons (Fsp3) is 0.455. The smallest absolute Gasteiger partial charge is 0.353 e. The Bertz CT molecular complexity index is 643. The zero-order valence-corrected chi connectivity index (χ0v) is 11.7. The van der Waals surface area contributed by atoms with Crippen LogP contribution < -0.4 is 5.32 Å². The van der Waals surface area contributed by atoms with Gasteiger partial charge in [0.05, 0.1) is 0 Å². The summed E-state index contributed by atoms with van der Waals surface area (Å²) in [6.45, 7) is 1.61. The summed E-state index contributed by atoms with van der Waals surface area (Å²) in [7, 11) is -4.06. The first-order valence-corrected chi connectivity index (χ1v) is 7.41. The number of alkyl halides is 3. The molecular formula is C11H12F3N3O3S. The average molecular weight is 323 g/mol. The van der Waals surface area contributed by atoms with Gasteiger partial charge < -0.3 is 5.32 Å². The minimum absolute atomic E-state index is 0.0518. The first kappa shape index (κ1) is 15.7. The second-order valence-electron chi connectivity index (χ2n) is 4.46. The Morgan fingerprint density at radius 2 is 2.05 bits per heavy atom. The molecule has 21 heavy (non-hydrogen) atoms. The van der Waals surface area contributed by atoms with Crippen molar-refractivity contribution >= 4 is 15.9 Å². The normalized spacial score (nSPS) is 21.1. The second-order valence-corrected chi connectivity index (χ2v) is 6.35. The van der Waals surface area contributed by atoms with E-state index < -0.39 is 33.8 Å². The van der Waals surface area contributed by atoms with Crippen LogP contribution in [0.25, 0.3) is 0 Å². The molecule has 1 saturated heterocycles. The van der Waals surface area contributed by atoms with Crippen molar-refractivity contribution in [3.8, 4) is 0 Å². The van der Waals surface area contributed by atoms with Crippen molar-refractivity contribution in [2.75, 3.05) is 13.1 Å². The molecule has 116 valence electrons. The topological polar surface area (TPSA) is 79.4 Å². The first-order valence-electron chi connectivity index (χ1n) is 5.97. The summed E-state index contributed by atoms with van der Waals surface area (Å²) >= 11 is 0. The Morgan fingerprint density at radius 1 is 1.38 bits per heavy atom. The summed E-state index contributed by atoms with van der Waals surface area (Å²) in [6.07, 6.45) is -3.99. The van der Waals surface area contributed by atoms with Gasteiger partial charge in [-0.1, -0.05) is 0 Å². The lowest BCUT2D eigenvalue weighted by Gasteiger charge is -2.31. The van der Waals surface area contributed by atoms with Gasteiger partial charge in [-0.15, -0.1) is 0 Å². The lowest BCUT2D eigenvalue weighted by atomic mass is 10.2. The van der Waals surface area contributed by atoms with Crippen molar-refractivity contribution in [3.63, 3.8) is 0 Å². The van der Waals surface area contributed by atoms with Crippen molar-refractivity contribution in [1.29, 1.82) is 0 Å². The molecule has 1 aliphatic rings. The number of pyridine rings is 1. The van der Waals surface area contributed by atoms with Gasteiger partial charge in [-0.2, -0.15) is 17.5 Å². The molecule has 0 radical (unpaired) electrons. The highest BCUT2D eigenvalue weighted by atomic mass is 32.2. The van der Waals surface area contributed by atoms with Gasteiger partial charge in [-0.05, 0) is 19.1 Å². The molecule has 1 N–H and O–H groups in total. The van der Waals surface area contributed by atoms with Crippen LogP contribution in [0.4, 0.5) is 13.2 Å². The molecule has 0 saturated carbocycles. The van der Waals surface area contributed by atoms with Gasteiger partial charge in [0.2, 0.25) is 15.9 Å². The van der Waals surface area contributed by atoms with E-state index in [0.29, 0.717) is 12.3 Å². The van der Waals surface area contributed by atoms with E-state index in [2.05, 4.69) is 10.3 Å². The molecule has 0 aliphatic carbocycles. The number of carbonyl (C=O) groups excluding carboxylic acids is 1. The SMILES string of the molecule is C[C@@H]1C(=O)NCCN1S(=O)(=O)c1ccc(C(F)(F)F)nc1. The number of nitrogens with one attached hydrogen (secondary N) is 1. The third-order valence-corrected chi connectivity index (χ3v) is 5.03. The molecule has 1 atom stereocenters. The van der Waals surface area contributed by atoms with Gasteiger partial charge in [0.15, 0.2) is 0 Å². The van der Waals surface area contributed by atoms with E-state index in [1.165, 1.54) is 6.92 Å². The van der Waals surface area contributed by atoms with Crippen LogP contribution in [0.3, 0.4) is 0 Å². The quantitative estimate of drug-likeness (QED) is 0.865. The maximum absolute atomic E-state index is 12.4. The molecule has 2 rings (SSSR count). The van der Waals surface area contributed by atoms with Gasteiger partial charge >= 0.3 is 6.18 Å². The highest BCUT2D eigenvalue weighted by molar-refractivity contribution is 7.89. The van der Waals surface area contributed by atoms with Gasteiger partial charge in [-0.3, -0.25) is 9.78 Å². The number of halogens is 3. The maximum atomic E-state index is 12.4. The van der Waals surface area contributed by atoms with E-state index in [-0.39, 0.29) is 18.0 Å². The number of hydrogen-bond donors (Lipinski definition) is 1. The van der Waals surface area contributed by atoms with E-state index in [1.54, 1.807) is 0 Å². The number of nitrogens with zero attached hydrogens (tertiary/aromatic N) is 2. The van der Waals surface area contributed by atoms with Crippen molar-refractivity contribution < 1.29 is 26.4 Å². The van der Waals surface area contributed by atoms with E-state index in [9.17, 15) is 26.4 Å². The van der Waals surface area contributed by atoms with Crippen molar-refractivity contribution in [2.45, 2.75) is 24.0 Å². The lowest BCUT2D eigenvalue weighted by Crippen LogP contribution is -2.55. The average Bonchev–Trinajstić information content (AvgIpc) is 2.41. The number of rotatable bonds is 2. The van der Waals surface area contributed by atoms with Crippen molar-refractivity contribution in [1.82, 2.24) is 14.6 Å². The largest absolute Gasteiger partial charge is 0.433 e. The zero-order valence-electron chi connectivity index (χ0n) is 10.9. The number of hydrogen-bond acceptors (Lipinski definition) is 4. The van der Waals surface area contributed by atoms with Gasteiger partial charge in [-0.25, -0.2) is 8.42 Å². The Morgan fingerprint density at radius 3 is 2.57 bits per heavy atom. The van der Waals surface area contributed by atoms with Gasteiger partial charge in [0, 0.05) is 19.3 Å². The standard InChI is InChI=1S/C11H12F3N3O3S/c1-7-10(18)15-4-5-17(7)21(19,20)8-2-3-9(16-6-8)11(12,13)14/h2-3,6-7H,4-5H2,1H3,(H,15,18)/t7-/m1/s1.